The second-order valence-corrected chi connectivity index (χ2v) is 6.00. The minimum absolute atomic E-state index is 0.222. The summed E-state index contributed by atoms with van der Waals surface area (Å²) in [6.07, 6.45) is 1.55. The van der Waals surface area contributed by atoms with Crippen LogP contribution in [-0.4, -0.2) is 15.5 Å². The molecule has 0 spiro atoms. The molecular weight excluding hydrogens is 333 g/mol. The summed E-state index contributed by atoms with van der Waals surface area (Å²) in [5.41, 5.74) is 2.98. The second-order valence-electron chi connectivity index (χ2n) is 6.00. The first kappa shape index (κ1) is 16.1. The Morgan fingerprint density at radius 2 is 2.04 bits per heavy atom. The summed E-state index contributed by atoms with van der Waals surface area (Å²) in [6.45, 7) is 2.07. The van der Waals surface area contributed by atoms with E-state index in [9.17, 15) is 9.18 Å². The molecule has 1 aromatic carbocycles. The van der Waals surface area contributed by atoms with Crippen LogP contribution < -0.4 is 5.32 Å². The molecule has 0 radical (unpaired) electrons. The topological polar surface area (TPSA) is 60.1 Å². The molecule has 4 rings (SSSR count). The van der Waals surface area contributed by atoms with Gasteiger partial charge in [-0.3, -0.25) is 4.79 Å². The third-order valence-corrected chi connectivity index (χ3v) is 4.17. The van der Waals surface area contributed by atoms with Crippen LogP contribution in [0.4, 0.5) is 10.2 Å². The number of fused-ring (bicyclic) bond motifs is 1. The lowest BCUT2D eigenvalue weighted by Gasteiger charge is -2.11. The Morgan fingerprint density at radius 1 is 1.19 bits per heavy atom. The number of nitrogens with one attached hydrogen (secondary N) is 1. The van der Waals surface area contributed by atoms with Gasteiger partial charge in [0.15, 0.2) is 5.58 Å². The minimum atomic E-state index is -0.328. The molecule has 1 amide bonds. The van der Waals surface area contributed by atoms with Crippen LogP contribution in [0.25, 0.3) is 11.1 Å². The molecule has 4 aromatic rings. The van der Waals surface area contributed by atoms with Gasteiger partial charge in [-0.05, 0) is 25.1 Å². The highest BCUT2D eigenvalue weighted by Gasteiger charge is 2.19. The largest absolute Gasteiger partial charge is 0.463 e. The molecule has 0 aliphatic carbocycles. The number of amides is 1. The van der Waals surface area contributed by atoms with Crippen molar-refractivity contribution in [1.29, 1.82) is 0 Å². The summed E-state index contributed by atoms with van der Waals surface area (Å²) >= 11 is 0. The molecule has 0 atom stereocenters. The molecule has 0 unspecified atom stereocenters. The number of aromatic nitrogens is 2. The van der Waals surface area contributed by atoms with Crippen molar-refractivity contribution in [2.75, 3.05) is 5.32 Å². The maximum atomic E-state index is 14.1. The predicted molar refractivity (Wildman–Crippen MR) is 96.6 cm³/mol. The van der Waals surface area contributed by atoms with E-state index in [1.54, 1.807) is 47.2 Å². The van der Waals surface area contributed by atoms with Crippen LogP contribution in [0, 0.1) is 12.7 Å². The number of nitrogens with zero attached hydrogens (tertiary/aromatic N) is 2. The van der Waals surface area contributed by atoms with E-state index in [4.69, 9.17) is 4.42 Å². The van der Waals surface area contributed by atoms with Crippen molar-refractivity contribution in [1.82, 2.24) is 9.55 Å². The fourth-order valence-electron chi connectivity index (χ4n) is 2.93. The van der Waals surface area contributed by atoms with Crippen molar-refractivity contribution >= 4 is 22.8 Å². The van der Waals surface area contributed by atoms with Gasteiger partial charge in [0.05, 0.1) is 18.3 Å². The molecule has 130 valence electrons. The number of rotatable bonds is 4. The molecule has 1 N–H and O–H groups in total. The van der Waals surface area contributed by atoms with E-state index in [0.29, 0.717) is 22.7 Å². The van der Waals surface area contributed by atoms with Gasteiger partial charge in [0.25, 0.3) is 5.91 Å². The number of pyridine rings is 1. The molecule has 5 nitrogen and oxygen atoms in total. The lowest BCUT2D eigenvalue weighted by atomic mass is 10.2. The maximum absolute atomic E-state index is 14.1. The van der Waals surface area contributed by atoms with Crippen molar-refractivity contribution in [2.24, 2.45) is 0 Å². The Bertz CT molecular complexity index is 1100. The third-order valence-electron chi connectivity index (χ3n) is 4.17. The molecule has 0 aliphatic rings. The smallest absolute Gasteiger partial charge is 0.273 e. The molecule has 0 fully saturated rings. The van der Waals surface area contributed by atoms with Gasteiger partial charge in [0.2, 0.25) is 0 Å². The van der Waals surface area contributed by atoms with Gasteiger partial charge in [0, 0.05) is 23.4 Å². The zero-order valence-electron chi connectivity index (χ0n) is 14.1. The van der Waals surface area contributed by atoms with E-state index in [2.05, 4.69) is 10.3 Å². The van der Waals surface area contributed by atoms with E-state index in [0.717, 1.165) is 11.2 Å². The van der Waals surface area contributed by atoms with Gasteiger partial charge >= 0.3 is 0 Å². The number of anilines is 1. The van der Waals surface area contributed by atoms with E-state index < -0.39 is 0 Å². The lowest BCUT2D eigenvalue weighted by molar-refractivity contribution is 0.101. The minimum Gasteiger partial charge on any atom is -0.463 e. The van der Waals surface area contributed by atoms with Gasteiger partial charge < -0.3 is 14.3 Å². The van der Waals surface area contributed by atoms with Gasteiger partial charge in [-0.1, -0.05) is 24.3 Å². The van der Waals surface area contributed by atoms with Crippen molar-refractivity contribution in [3.8, 4) is 0 Å². The van der Waals surface area contributed by atoms with Crippen LogP contribution in [0.15, 0.2) is 65.3 Å². The Balaban J connectivity index is 1.72. The molecule has 3 heterocycles. The number of carbonyl (C=O) groups excluding carboxylic acids is 1. The second kappa shape index (κ2) is 6.48. The Kier molecular flexibility index (Phi) is 4.01. The SMILES string of the molecule is Cc1cccc(NC(=O)c2cc3occc3n2Cc2ccccc2F)n1. The normalized spacial score (nSPS) is 11.0. The summed E-state index contributed by atoms with van der Waals surface area (Å²) in [4.78, 5) is 17.1. The van der Waals surface area contributed by atoms with Crippen LogP contribution in [0.5, 0.6) is 0 Å². The van der Waals surface area contributed by atoms with Crippen LogP contribution >= 0.6 is 0 Å². The van der Waals surface area contributed by atoms with Crippen molar-refractivity contribution in [2.45, 2.75) is 13.5 Å². The van der Waals surface area contributed by atoms with Crippen molar-refractivity contribution in [3.63, 3.8) is 0 Å². The average molecular weight is 349 g/mol. The van der Waals surface area contributed by atoms with Crippen LogP contribution in [0.2, 0.25) is 0 Å². The molecule has 0 saturated heterocycles. The Morgan fingerprint density at radius 3 is 2.85 bits per heavy atom. The van der Waals surface area contributed by atoms with Crippen molar-refractivity contribution in [3.05, 3.63) is 83.6 Å². The van der Waals surface area contributed by atoms with Gasteiger partial charge in [-0.25, -0.2) is 9.37 Å². The number of carbonyl (C=O) groups is 1. The standard InChI is InChI=1S/C20H16FN3O2/c1-13-5-4-8-19(22-13)23-20(25)17-11-18-16(9-10-26-18)24(17)12-14-6-2-3-7-15(14)21/h2-11H,12H2,1H3,(H,22,23,25). The monoisotopic (exact) mass is 349 g/mol. The zero-order valence-corrected chi connectivity index (χ0v) is 14.1. The van der Waals surface area contributed by atoms with E-state index in [1.807, 2.05) is 19.1 Å². The Hall–Kier alpha value is -3.41. The fraction of sp³-hybridized carbons (Fsp3) is 0.100. The lowest BCUT2D eigenvalue weighted by Crippen LogP contribution is -2.18. The van der Waals surface area contributed by atoms with Crippen molar-refractivity contribution < 1.29 is 13.6 Å². The number of hydrogen-bond donors (Lipinski definition) is 1. The number of benzene rings is 1. The van der Waals surface area contributed by atoms with Crippen LogP contribution in [-0.2, 0) is 6.54 Å². The highest BCUT2D eigenvalue weighted by molar-refractivity contribution is 6.05. The van der Waals surface area contributed by atoms with E-state index in [-0.39, 0.29) is 18.3 Å². The maximum Gasteiger partial charge on any atom is 0.273 e. The van der Waals surface area contributed by atoms with E-state index in [1.165, 1.54) is 6.07 Å². The number of furan rings is 1. The summed E-state index contributed by atoms with van der Waals surface area (Å²) in [6, 6.07) is 15.3. The summed E-state index contributed by atoms with van der Waals surface area (Å²) in [5, 5.41) is 2.78. The van der Waals surface area contributed by atoms with E-state index >= 15 is 0 Å². The molecule has 3 aromatic heterocycles. The molecule has 26 heavy (non-hydrogen) atoms. The fourth-order valence-corrected chi connectivity index (χ4v) is 2.93. The summed E-state index contributed by atoms with van der Waals surface area (Å²) in [5.74, 6) is -0.180. The quantitative estimate of drug-likeness (QED) is 0.595. The summed E-state index contributed by atoms with van der Waals surface area (Å²) in [7, 11) is 0. The van der Waals surface area contributed by atoms with Crippen LogP contribution in [0.3, 0.4) is 0 Å². The first-order chi connectivity index (χ1) is 12.6. The summed E-state index contributed by atoms with van der Waals surface area (Å²) < 4.78 is 21.2. The zero-order chi connectivity index (χ0) is 18.1. The Labute approximate surface area is 149 Å². The predicted octanol–water partition coefficient (Wildman–Crippen LogP) is 4.38. The number of halogens is 1. The number of aryl methyl sites for hydroxylation is 1. The highest BCUT2D eigenvalue weighted by Crippen LogP contribution is 2.24. The molecule has 6 heteroatoms. The first-order valence-electron chi connectivity index (χ1n) is 8.17. The molecular formula is C20H16FN3O2. The van der Waals surface area contributed by atoms with Gasteiger partial charge in [-0.15, -0.1) is 0 Å². The van der Waals surface area contributed by atoms with Gasteiger partial charge in [-0.2, -0.15) is 0 Å². The molecule has 0 bridgehead atoms. The first-order valence-corrected chi connectivity index (χ1v) is 8.17. The van der Waals surface area contributed by atoms with Gasteiger partial charge in [0.1, 0.15) is 17.3 Å². The van der Waals surface area contributed by atoms with Crippen LogP contribution in [0.1, 0.15) is 21.7 Å². The highest BCUT2D eigenvalue weighted by atomic mass is 19.1. The third kappa shape index (κ3) is 2.97. The molecule has 0 aliphatic heterocycles. The number of hydrogen-bond acceptors (Lipinski definition) is 3. The molecule has 0 saturated carbocycles. The average Bonchev–Trinajstić information content (AvgIpc) is 3.19.